The van der Waals surface area contributed by atoms with E-state index in [2.05, 4.69) is 22.2 Å². The van der Waals surface area contributed by atoms with E-state index in [1.165, 1.54) is 0 Å². The van der Waals surface area contributed by atoms with Crippen molar-refractivity contribution in [1.29, 1.82) is 0 Å². The van der Waals surface area contributed by atoms with Crippen molar-refractivity contribution >= 4 is 33.6 Å². The van der Waals surface area contributed by atoms with E-state index in [-0.39, 0.29) is 23.6 Å². The van der Waals surface area contributed by atoms with E-state index >= 15 is 0 Å². The second-order valence-corrected chi connectivity index (χ2v) is 11.8. The van der Waals surface area contributed by atoms with Crippen LogP contribution in [0.1, 0.15) is 36.6 Å². The second kappa shape index (κ2) is 9.50. The number of carbonyl (C=O) groups excluding carboxylic acids is 1. The summed E-state index contributed by atoms with van der Waals surface area (Å²) in [6.45, 7) is 4.44. The first-order valence-corrected chi connectivity index (χ1v) is 13.8. The van der Waals surface area contributed by atoms with Gasteiger partial charge < -0.3 is 5.32 Å². The fourth-order valence-corrected chi connectivity index (χ4v) is 6.31. The molecule has 0 unspecified atom stereocenters. The highest BCUT2D eigenvalue weighted by atomic mass is 32.2. The standard InChI is InChI=1S/C25H31N6O3S/c1-18-14-20-15-26-24(27-21-8-12-35(33,34)13-9-21)28-22(20)16-31(18)25(32)30-11-10-29(2)17-23(30)19-6-4-3-5-7-19/h3-7,14-15,21H,8-13,16-17H2,1-2H3,(H,26,27,28)/q+1. The lowest BCUT2D eigenvalue weighted by Gasteiger charge is -2.28. The molecular formula is C25H31N6O3S+. The minimum absolute atomic E-state index is 0.0311. The van der Waals surface area contributed by atoms with Gasteiger partial charge >= 0.3 is 6.03 Å². The molecule has 184 valence electrons. The van der Waals surface area contributed by atoms with E-state index in [9.17, 15) is 13.2 Å². The maximum Gasteiger partial charge on any atom is 0.498 e. The minimum Gasteiger partial charge on any atom is -0.351 e. The van der Waals surface area contributed by atoms with Crippen LogP contribution in [-0.2, 0) is 16.4 Å². The molecule has 9 nitrogen and oxygen atoms in total. The third kappa shape index (κ3) is 5.13. The molecule has 1 aromatic carbocycles. The Morgan fingerprint density at radius 3 is 2.63 bits per heavy atom. The highest BCUT2D eigenvalue weighted by Crippen LogP contribution is 2.25. The first-order valence-electron chi connectivity index (χ1n) is 12.0. The van der Waals surface area contributed by atoms with Crippen LogP contribution in [0.4, 0.5) is 10.7 Å². The number of urea groups is 1. The number of hydrogen-bond acceptors (Lipinski definition) is 7. The summed E-state index contributed by atoms with van der Waals surface area (Å²) in [4.78, 5) is 26.9. The maximum atomic E-state index is 13.8. The highest BCUT2D eigenvalue weighted by molar-refractivity contribution is 7.91. The molecule has 0 atom stereocenters. The highest BCUT2D eigenvalue weighted by Gasteiger charge is 2.36. The SMILES string of the molecule is CC1=Cc2cnc(NC3CCS(=O)(=O)CC3)nc2CN1C(=O)[N+]1=C(c2ccccc2)CN(C)CC1. The Kier molecular flexibility index (Phi) is 6.41. The Morgan fingerprint density at radius 1 is 1.14 bits per heavy atom. The van der Waals surface area contributed by atoms with E-state index in [0.717, 1.165) is 34.8 Å². The van der Waals surface area contributed by atoms with Gasteiger partial charge in [0.25, 0.3) is 0 Å². The van der Waals surface area contributed by atoms with Crippen molar-refractivity contribution in [1.82, 2.24) is 19.8 Å². The number of benzene rings is 1. The van der Waals surface area contributed by atoms with Gasteiger partial charge in [0.05, 0.1) is 23.7 Å². The zero-order chi connectivity index (χ0) is 24.6. The van der Waals surface area contributed by atoms with Gasteiger partial charge in [-0.15, -0.1) is 0 Å². The van der Waals surface area contributed by atoms with Crippen LogP contribution in [0.25, 0.3) is 6.08 Å². The summed E-state index contributed by atoms with van der Waals surface area (Å²) in [5.74, 6) is 0.848. The van der Waals surface area contributed by atoms with Gasteiger partial charge in [0.2, 0.25) is 5.95 Å². The van der Waals surface area contributed by atoms with Gasteiger partial charge in [0, 0.05) is 29.9 Å². The molecule has 0 saturated carbocycles. The number of aromatic nitrogens is 2. The number of nitrogens with one attached hydrogen (secondary N) is 1. The summed E-state index contributed by atoms with van der Waals surface area (Å²) >= 11 is 0. The van der Waals surface area contributed by atoms with E-state index in [4.69, 9.17) is 4.98 Å². The molecule has 0 radical (unpaired) electrons. The van der Waals surface area contributed by atoms with Gasteiger partial charge in [-0.25, -0.2) is 18.4 Å². The number of likely N-dealkylation sites (N-methyl/N-ethyl adjacent to an activating group) is 1. The Morgan fingerprint density at radius 2 is 1.89 bits per heavy atom. The number of fused-ring (bicyclic) bond motifs is 1. The summed E-state index contributed by atoms with van der Waals surface area (Å²) in [6.07, 6.45) is 4.82. The van der Waals surface area contributed by atoms with Crippen LogP contribution >= 0.6 is 0 Å². The number of sulfone groups is 1. The molecule has 1 saturated heterocycles. The first kappa shape index (κ1) is 23.6. The molecule has 0 spiro atoms. The lowest BCUT2D eigenvalue weighted by Crippen LogP contribution is -2.49. The Labute approximate surface area is 206 Å². The zero-order valence-corrected chi connectivity index (χ0v) is 21.0. The number of hydrogen-bond donors (Lipinski definition) is 1. The molecule has 0 bridgehead atoms. The number of anilines is 1. The molecule has 35 heavy (non-hydrogen) atoms. The summed E-state index contributed by atoms with van der Waals surface area (Å²) in [5.41, 5.74) is 4.58. The van der Waals surface area contributed by atoms with Crippen molar-refractivity contribution < 1.29 is 17.8 Å². The summed E-state index contributed by atoms with van der Waals surface area (Å²) < 4.78 is 25.3. The minimum atomic E-state index is -2.93. The Hall–Kier alpha value is -3.11. The predicted octanol–water partition coefficient (Wildman–Crippen LogP) is 2.21. The van der Waals surface area contributed by atoms with Crippen LogP contribution in [0.3, 0.4) is 0 Å². The molecule has 2 aromatic rings. The Balaban J connectivity index is 1.38. The predicted molar refractivity (Wildman–Crippen MR) is 135 cm³/mol. The molecular weight excluding hydrogens is 464 g/mol. The van der Waals surface area contributed by atoms with Crippen LogP contribution in [-0.4, -0.2) is 88.7 Å². The van der Waals surface area contributed by atoms with Gasteiger partial charge in [-0.1, -0.05) is 30.3 Å². The molecule has 3 aliphatic rings. The number of amides is 2. The average Bonchev–Trinajstić information content (AvgIpc) is 2.85. The number of carbonyl (C=O) groups is 1. The van der Waals surface area contributed by atoms with Crippen LogP contribution in [0.5, 0.6) is 0 Å². The monoisotopic (exact) mass is 495 g/mol. The summed E-state index contributed by atoms with van der Waals surface area (Å²) in [7, 11) is -0.857. The average molecular weight is 496 g/mol. The fourth-order valence-electron chi connectivity index (χ4n) is 4.82. The molecule has 4 heterocycles. The summed E-state index contributed by atoms with van der Waals surface area (Å²) in [6, 6.07) is 10.0. The van der Waals surface area contributed by atoms with Crippen LogP contribution in [0.2, 0.25) is 0 Å². The third-order valence-corrected chi connectivity index (χ3v) is 8.62. The lowest BCUT2D eigenvalue weighted by molar-refractivity contribution is -0.443. The molecule has 3 aliphatic heterocycles. The van der Waals surface area contributed by atoms with E-state index in [1.54, 1.807) is 11.1 Å². The molecule has 1 aromatic heterocycles. The van der Waals surface area contributed by atoms with Gasteiger partial charge in [-0.05, 0) is 32.9 Å². The second-order valence-electron chi connectivity index (χ2n) is 9.52. The van der Waals surface area contributed by atoms with E-state index < -0.39 is 9.84 Å². The van der Waals surface area contributed by atoms with Crippen LogP contribution in [0, 0.1) is 0 Å². The lowest BCUT2D eigenvalue weighted by atomic mass is 10.1. The quantitative estimate of drug-likeness (QED) is 0.652. The first-order chi connectivity index (χ1) is 16.8. The summed E-state index contributed by atoms with van der Waals surface area (Å²) in [5, 5.41) is 3.29. The van der Waals surface area contributed by atoms with Crippen molar-refractivity contribution in [2.75, 3.05) is 43.5 Å². The van der Waals surface area contributed by atoms with Crippen molar-refractivity contribution in [2.45, 2.75) is 32.4 Å². The number of nitrogens with zero attached hydrogens (tertiary/aromatic N) is 5. The molecule has 10 heteroatoms. The number of allylic oxidation sites excluding steroid dienone is 1. The smallest absolute Gasteiger partial charge is 0.351 e. The van der Waals surface area contributed by atoms with Crippen molar-refractivity contribution in [2.24, 2.45) is 0 Å². The molecule has 1 N–H and O–H groups in total. The number of rotatable bonds is 3. The van der Waals surface area contributed by atoms with E-state index in [1.807, 2.05) is 47.9 Å². The third-order valence-electron chi connectivity index (χ3n) is 6.91. The Bertz CT molecular complexity index is 1290. The normalized spacial score (nSPS) is 20.9. The molecule has 1 fully saturated rings. The fraction of sp³-hybridized carbons (Fsp3) is 0.440. The largest absolute Gasteiger partial charge is 0.498 e. The molecule has 5 rings (SSSR count). The van der Waals surface area contributed by atoms with Crippen molar-refractivity contribution in [3.63, 3.8) is 0 Å². The van der Waals surface area contributed by atoms with Crippen LogP contribution in [0.15, 0.2) is 42.2 Å². The molecule has 0 aliphatic carbocycles. The van der Waals surface area contributed by atoms with Gasteiger partial charge in [0.1, 0.15) is 34.3 Å². The van der Waals surface area contributed by atoms with E-state index in [0.29, 0.717) is 38.4 Å². The zero-order valence-electron chi connectivity index (χ0n) is 20.1. The van der Waals surface area contributed by atoms with Crippen molar-refractivity contribution in [3.8, 4) is 0 Å². The molecule has 2 amide bonds. The maximum absolute atomic E-state index is 13.8. The van der Waals surface area contributed by atoms with Crippen molar-refractivity contribution in [3.05, 3.63) is 59.0 Å². The van der Waals surface area contributed by atoms with Gasteiger partial charge in [-0.2, -0.15) is 14.3 Å². The topological polar surface area (TPSA) is 98.5 Å². The van der Waals surface area contributed by atoms with Crippen LogP contribution < -0.4 is 5.32 Å². The van der Waals surface area contributed by atoms with Gasteiger partial charge in [-0.3, -0.25) is 4.90 Å². The van der Waals surface area contributed by atoms with Gasteiger partial charge in [0.15, 0.2) is 0 Å².